The average molecular weight is 654 g/mol. The molecule has 0 radical (unpaired) electrons. The van der Waals surface area contributed by atoms with Crippen molar-refractivity contribution >= 4 is 55.2 Å². The highest BCUT2D eigenvalue weighted by Crippen LogP contribution is 2.39. The van der Waals surface area contributed by atoms with E-state index in [1.54, 1.807) is 0 Å². The number of aliphatic imine (C=N–C) groups is 2. The highest BCUT2D eigenvalue weighted by molar-refractivity contribution is 6.22. The summed E-state index contributed by atoms with van der Waals surface area (Å²) in [7, 11) is 0. The molecular weight excluding hydrogens is 623 g/mol. The largest absolute Gasteiger partial charge is 0.456 e. The van der Waals surface area contributed by atoms with Gasteiger partial charge in [0.05, 0.1) is 0 Å². The van der Waals surface area contributed by atoms with Gasteiger partial charge in [0.1, 0.15) is 23.2 Å². The third kappa shape index (κ3) is 5.08. The van der Waals surface area contributed by atoms with Crippen LogP contribution in [0.4, 0.5) is 0 Å². The second-order valence-corrected chi connectivity index (χ2v) is 13.0. The summed E-state index contributed by atoms with van der Waals surface area (Å²) in [4.78, 5) is 10.4. The Morgan fingerprint density at radius 2 is 1.12 bits per heavy atom. The molecule has 9 aromatic rings. The van der Waals surface area contributed by atoms with Crippen molar-refractivity contribution in [2.75, 3.05) is 0 Å². The van der Waals surface area contributed by atoms with Crippen LogP contribution in [0.25, 0.3) is 65.7 Å². The minimum absolute atomic E-state index is 0.328. The van der Waals surface area contributed by atoms with Crippen LogP contribution in [0.15, 0.2) is 190 Å². The summed E-state index contributed by atoms with van der Waals surface area (Å²) in [6, 6.07) is 61.7. The van der Waals surface area contributed by atoms with Gasteiger partial charge in [-0.1, -0.05) is 152 Å². The Morgan fingerprint density at radius 3 is 1.92 bits per heavy atom. The van der Waals surface area contributed by atoms with Gasteiger partial charge in [0.15, 0.2) is 5.84 Å². The molecule has 1 unspecified atom stereocenters. The molecule has 4 nitrogen and oxygen atoms in total. The summed E-state index contributed by atoms with van der Waals surface area (Å²) >= 11 is 0. The standard InChI is InChI=1S/C47H31N3O/c1-3-12-30(13-4-1)31-22-24-33(25-23-31)46-48-45(32-14-5-2-6-15-32)49-47(50-46)39-20-11-21-43-44(39)41-29-35(26-27-42(41)51-43)40-28-34-16-7-8-17-36(34)37-18-9-10-19-38(37)40/h1-29,46H,(H,48,49,50). The molecule has 1 aromatic heterocycles. The molecule has 1 N–H and O–H groups in total. The maximum Gasteiger partial charge on any atom is 0.160 e. The molecular formula is C47H31N3O. The van der Waals surface area contributed by atoms with Gasteiger partial charge in [0.25, 0.3) is 0 Å². The number of furan rings is 1. The van der Waals surface area contributed by atoms with Gasteiger partial charge >= 0.3 is 0 Å². The lowest BCUT2D eigenvalue weighted by Gasteiger charge is -2.24. The topological polar surface area (TPSA) is 49.9 Å². The monoisotopic (exact) mass is 653 g/mol. The highest BCUT2D eigenvalue weighted by atomic mass is 16.3. The van der Waals surface area contributed by atoms with Crippen LogP contribution in [0.2, 0.25) is 0 Å². The van der Waals surface area contributed by atoms with E-state index in [1.807, 2.05) is 36.4 Å². The maximum absolute atomic E-state index is 6.49. The number of benzene rings is 8. The number of fused-ring (bicyclic) bond motifs is 6. The van der Waals surface area contributed by atoms with E-state index in [1.165, 1.54) is 38.2 Å². The van der Waals surface area contributed by atoms with E-state index in [-0.39, 0.29) is 6.17 Å². The minimum atomic E-state index is -0.328. The summed E-state index contributed by atoms with van der Waals surface area (Å²) < 4.78 is 6.49. The molecule has 0 aliphatic carbocycles. The van der Waals surface area contributed by atoms with Crippen molar-refractivity contribution in [1.82, 2.24) is 5.32 Å². The van der Waals surface area contributed by atoms with Gasteiger partial charge in [-0.05, 0) is 73.6 Å². The third-order valence-corrected chi connectivity index (χ3v) is 9.94. The molecule has 51 heavy (non-hydrogen) atoms. The molecule has 10 rings (SSSR count). The van der Waals surface area contributed by atoms with Crippen molar-refractivity contribution < 1.29 is 4.42 Å². The van der Waals surface area contributed by atoms with Crippen molar-refractivity contribution in [1.29, 1.82) is 0 Å². The van der Waals surface area contributed by atoms with Crippen molar-refractivity contribution in [2.24, 2.45) is 9.98 Å². The molecule has 1 atom stereocenters. The molecule has 4 heteroatoms. The lowest BCUT2D eigenvalue weighted by molar-refractivity contribution is 0.668. The van der Waals surface area contributed by atoms with Crippen LogP contribution in [0, 0.1) is 0 Å². The number of amidine groups is 2. The lowest BCUT2D eigenvalue weighted by atomic mass is 9.92. The van der Waals surface area contributed by atoms with Crippen molar-refractivity contribution in [2.45, 2.75) is 6.17 Å². The van der Waals surface area contributed by atoms with Crippen LogP contribution >= 0.6 is 0 Å². The quantitative estimate of drug-likeness (QED) is 0.188. The number of nitrogens with zero attached hydrogens (tertiary/aromatic N) is 2. The molecule has 2 heterocycles. The summed E-state index contributed by atoms with van der Waals surface area (Å²) in [5.41, 5.74) is 9.33. The molecule has 0 saturated heterocycles. The Kier molecular flexibility index (Phi) is 6.85. The SMILES string of the molecule is c1ccc(C2=NC(c3cccc4oc5ccc(-c6cc7ccccc7c7ccccc67)cc5c34)=NC(c3ccc(-c4ccccc4)cc3)N2)cc1. The Bertz CT molecular complexity index is 2820. The van der Waals surface area contributed by atoms with Crippen LogP contribution in [0.3, 0.4) is 0 Å². The Hall–Kier alpha value is -6.78. The van der Waals surface area contributed by atoms with Gasteiger partial charge in [-0.3, -0.25) is 0 Å². The van der Waals surface area contributed by atoms with Crippen molar-refractivity contribution in [3.63, 3.8) is 0 Å². The van der Waals surface area contributed by atoms with E-state index in [4.69, 9.17) is 14.4 Å². The number of hydrogen-bond donors (Lipinski definition) is 1. The van der Waals surface area contributed by atoms with Crippen LogP contribution in [-0.2, 0) is 0 Å². The zero-order valence-corrected chi connectivity index (χ0v) is 27.6. The first kappa shape index (κ1) is 29.2. The molecule has 1 aliphatic heterocycles. The minimum Gasteiger partial charge on any atom is -0.456 e. The maximum atomic E-state index is 6.49. The zero-order valence-electron chi connectivity index (χ0n) is 27.6. The van der Waals surface area contributed by atoms with Gasteiger partial charge in [0, 0.05) is 21.9 Å². The zero-order chi connectivity index (χ0) is 33.7. The fraction of sp³-hybridized carbons (Fsp3) is 0.0213. The molecule has 240 valence electrons. The van der Waals surface area contributed by atoms with Gasteiger partial charge in [-0.2, -0.15) is 0 Å². The van der Waals surface area contributed by atoms with Gasteiger partial charge in [0.2, 0.25) is 0 Å². The van der Waals surface area contributed by atoms with E-state index in [2.05, 4.69) is 145 Å². The first-order valence-corrected chi connectivity index (χ1v) is 17.3. The fourth-order valence-corrected chi connectivity index (χ4v) is 7.44. The first-order valence-electron chi connectivity index (χ1n) is 17.3. The van der Waals surface area contributed by atoms with Crippen molar-refractivity contribution in [3.8, 4) is 22.3 Å². The third-order valence-electron chi connectivity index (χ3n) is 9.94. The molecule has 0 saturated carbocycles. The van der Waals surface area contributed by atoms with Crippen LogP contribution in [0.1, 0.15) is 22.9 Å². The predicted octanol–water partition coefficient (Wildman–Crippen LogP) is 11.7. The normalized spacial score (nSPS) is 14.5. The molecule has 0 bridgehead atoms. The van der Waals surface area contributed by atoms with Crippen LogP contribution in [0.5, 0.6) is 0 Å². The van der Waals surface area contributed by atoms with E-state index >= 15 is 0 Å². The number of hydrogen-bond acceptors (Lipinski definition) is 4. The smallest absolute Gasteiger partial charge is 0.160 e. The van der Waals surface area contributed by atoms with Gasteiger partial charge < -0.3 is 9.73 Å². The van der Waals surface area contributed by atoms with E-state index in [0.717, 1.165) is 50.0 Å². The Labute approximate surface area is 295 Å². The molecule has 0 amide bonds. The summed E-state index contributed by atoms with van der Waals surface area (Å²) in [6.45, 7) is 0. The van der Waals surface area contributed by atoms with Gasteiger partial charge in [-0.25, -0.2) is 9.98 Å². The van der Waals surface area contributed by atoms with Crippen LogP contribution in [-0.4, -0.2) is 11.7 Å². The number of nitrogens with one attached hydrogen (secondary N) is 1. The fourth-order valence-electron chi connectivity index (χ4n) is 7.44. The average Bonchev–Trinajstić information content (AvgIpc) is 3.59. The van der Waals surface area contributed by atoms with E-state index in [0.29, 0.717) is 5.84 Å². The summed E-state index contributed by atoms with van der Waals surface area (Å²) in [5.74, 6) is 1.45. The molecule has 1 aliphatic rings. The molecule has 0 spiro atoms. The van der Waals surface area contributed by atoms with E-state index < -0.39 is 0 Å². The lowest BCUT2D eigenvalue weighted by Crippen LogP contribution is -2.33. The second-order valence-electron chi connectivity index (χ2n) is 13.0. The summed E-state index contributed by atoms with van der Waals surface area (Å²) in [5, 5.41) is 10.6. The number of rotatable bonds is 5. The highest BCUT2D eigenvalue weighted by Gasteiger charge is 2.24. The van der Waals surface area contributed by atoms with Crippen molar-refractivity contribution in [3.05, 3.63) is 193 Å². The molecule has 0 fully saturated rings. The Morgan fingerprint density at radius 1 is 0.451 bits per heavy atom. The summed E-state index contributed by atoms with van der Waals surface area (Å²) in [6.07, 6.45) is -0.328. The van der Waals surface area contributed by atoms with Crippen LogP contribution < -0.4 is 5.32 Å². The first-order chi connectivity index (χ1) is 25.3. The van der Waals surface area contributed by atoms with Gasteiger partial charge in [-0.15, -0.1) is 0 Å². The Balaban J connectivity index is 1.14. The second kappa shape index (κ2) is 12.0. The predicted molar refractivity (Wildman–Crippen MR) is 211 cm³/mol. The van der Waals surface area contributed by atoms with E-state index in [9.17, 15) is 0 Å². The molecule has 8 aromatic carbocycles.